The molecule has 0 radical (unpaired) electrons. The van der Waals surface area contributed by atoms with Crippen molar-refractivity contribution in [2.75, 3.05) is 6.54 Å². The van der Waals surface area contributed by atoms with Gasteiger partial charge in [-0.2, -0.15) is 0 Å². The molecular weight excluding hydrogens is 236 g/mol. The van der Waals surface area contributed by atoms with Crippen LogP contribution in [0, 0.1) is 11.8 Å². The number of amides is 1. The Bertz CT molecular complexity index is 280. The lowest BCUT2D eigenvalue weighted by Gasteiger charge is -2.37. The second-order valence-electron chi connectivity index (χ2n) is 6.30. The van der Waals surface area contributed by atoms with Crippen molar-refractivity contribution in [3.63, 3.8) is 0 Å². The lowest BCUT2D eigenvalue weighted by Crippen LogP contribution is -2.46. The topological polar surface area (TPSA) is 46.3 Å². The minimum atomic E-state index is 0.200. The molecule has 0 bridgehead atoms. The largest absolute Gasteiger partial charge is 0.340 e. The monoisotopic (exact) mass is 268 g/mol. The Morgan fingerprint density at radius 3 is 2.58 bits per heavy atom. The first kappa shape index (κ1) is 16.5. The quantitative estimate of drug-likeness (QED) is 0.804. The van der Waals surface area contributed by atoms with E-state index in [-0.39, 0.29) is 5.92 Å². The minimum Gasteiger partial charge on any atom is -0.340 e. The summed E-state index contributed by atoms with van der Waals surface area (Å²) in [6.45, 7) is 9.63. The van der Waals surface area contributed by atoms with Gasteiger partial charge in [0.1, 0.15) is 0 Å². The lowest BCUT2D eigenvalue weighted by molar-refractivity contribution is -0.140. The van der Waals surface area contributed by atoms with Gasteiger partial charge in [0, 0.05) is 24.5 Å². The number of unbranched alkanes of at least 4 members (excludes halogenated alkanes) is 1. The molecular formula is C16H32N2O. The van der Waals surface area contributed by atoms with Crippen LogP contribution >= 0.6 is 0 Å². The minimum absolute atomic E-state index is 0.200. The molecule has 3 nitrogen and oxygen atoms in total. The SMILES string of the molecule is CCCCN(C(=O)C1CCC(N)CC1C)C(C)CC. The predicted molar refractivity (Wildman–Crippen MR) is 80.9 cm³/mol. The predicted octanol–water partition coefficient (Wildman–Crippen LogP) is 3.18. The van der Waals surface area contributed by atoms with Crippen molar-refractivity contribution >= 4 is 5.91 Å². The van der Waals surface area contributed by atoms with Crippen LogP contribution < -0.4 is 5.73 Å². The number of nitrogens with two attached hydrogens (primary N) is 1. The first-order valence-electron chi connectivity index (χ1n) is 8.07. The Labute approximate surface area is 118 Å². The molecule has 3 heteroatoms. The van der Waals surface area contributed by atoms with Gasteiger partial charge < -0.3 is 10.6 Å². The van der Waals surface area contributed by atoms with E-state index in [9.17, 15) is 4.79 Å². The van der Waals surface area contributed by atoms with Gasteiger partial charge in [-0.3, -0.25) is 4.79 Å². The van der Waals surface area contributed by atoms with Crippen molar-refractivity contribution in [1.82, 2.24) is 4.90 Å². The summed E-state index contributed by atoms with van der Waals surface area (Å²) in [7, 11) is 0. The lowest BCUT2D eigenvalue weighted by atomic mass is 9.77. The molecule has 0 aromatic rings. The molecule has 2 N–H and O–H groups in total. The highest BCUT2D eigenvalue weighted by Crippen LogP contribution is 2.31. The third kappa shape index (κ3) is 4.48. The van der Waals surface area contributed by atoms with Crippen LogP contribution in [0.1, 0.15) is 66.2 Å². The van der Waals surface area contributed by atoms with Crippen molar-refractivity contribution < 1.29 is 4.79 Å². The maximum Gasteiger partial charge on any atom is 0.226 e. The van der Waals surface area contributed by atoms with Crippen LogP contribution in [0.2, 0.25) is 0 Å². The van der Waals surface area contributed by atoms with Gasteiger partial charge in [0.05, 0.1) is 0 Å². The molecule has 4 atom stereocenters. The van der Waals surface area contributed by atoms with Gasteiger partial charge in [-0.15, -0.1) is 0 Å². The van der Waals surface area contributed by atoms with E-state index in [0.29, 0.717) is 23.9 Å². The Morgan fingerprint density at radius 1 is 1.37 bits per heavy atom. The van der Waals surface area contributed by atoms with E-state index in [0.717, 1.165) is 45.1 Å². The van der Waals surface area contributed by atoms with Crippen LogP contribution in [0.5, 0.6) is 0 Å². The molecule has 0 heterocycles. The van der Waals surface area contributed by atoms with Crippen LogP contribution in [0.25, 0.3) is 0 Å². The Kier molecular flexibility index (Phi) is 6.84. The fourth-order valence-corrected chi connectivity index (χ4v) is 3.11. The molecule has 1 aliphatic rings. The first-order chi connectivity index (χ1) is 9.01. The number of hydrogen-bond donors (Lipinski definition) is 1. The molecule has 0 aromatic carbocycles. The molecule has 1 amide bonds. The molecule has 0 saturated heterocycles. The van der Waals surface area contributed by atoms with Crippen LogP contribution in [-0.4, -0.2) is 29.4 Å². The zero-order chi connectivity index (χ0) is 14.4. The van der Waals surface area contributed by atoms with E-state index in [2.05, 4.69) is 32.6 Å². The van der Waals surface area contributed by atoms with E-state index in [1.54, 1.807) is 0 Å². The fourth-order valence-electron chi connectivity index (χ4n) is 3.11. The summed E-state index contributed by atoms with van der Waals surface area (Å²) in [4.78, 5) is 14.9. The molecule has 1 saturated carbocycles. The van der Waals surface area contributed by atoms with E-state index >= 15 is 0 Å². The summed E-state index contributed by atoms with van der Waals surface area (Å²) >= 11 is 0. The second kappa shape index (κ2) is 7.88. The maximum atomic E-state index is 12.8. The third-order valence-electron chi connectivity index (χ3n) is 4.69. The van der Waals surface area contributed by atoms with Crippen LogP contribution in [0.15, 0.2) is 0 Å². The molecule has 19 heavy (non-hydrogen) atoms. The normalized spacial score (nSPS) is 29.0. The van der Waals surface area contributed by atoms with E-state index in [1.807, 2.05) is 0 Å². The molecule has 0 aliphatic heterocycles. The Balaban J connectivity index is 2.69. The standard InChI is InChI=1S/C16H32N2O/c1-5-7-10-18(13(4)6-2)16(19)15-9-8-14(17)11-12(15)3/h12-15H,5-11,17H2,1-4H3. The highest BCUT2D eigenvalue weighted by molar-refractivity contribution is 5.79. The number of hydrogen-bond acceptors (Lipinski definition) is 2. The third-order valence-corrected chi connectivity index (χ3v) is 4.69. The van der Waals surface area contributed by atoms with E-state index < -0.39 is 0 Å². The zero-order valence-corrected chi connectivity index (χ0v) is 13.2. The molecule has 112 valence electrons. The summed E-state index contributed by atoms with van der Waals surface area (Å²) in [5.41, 5.74) is 6.00. The van der Waals surface area contributed by atoms with E-state index in [1.165, 1.54) is 0 Å². The second-order valence-corrected chi connectivity index (χ2v) is 6.30. The number of carbonyl (C=O) groups is 1. The van der Waals surface area contributed by atoms with Gasteiger partial charge >= 0.3 is 0 Å². The molecule has 0 aromatic heterocycles. The van der Waals surface area contributed by atoms with Gasteiger partial charge in [0.25, 0.3) is 0 Å². The fraction of sp³-hybridized carbons (Fsp3) is 0.938. The van der Waals surface area contributed by atoms with Crippen LogP contribution in [-0.2, 0) is 4.79 Å². The molecule has 1 fully saturated rings. The van der Waals surface area contributed by atoms with Gasteiger partial charge in [-0.05, 0) is 44.9 Å². The number of nitrogens with zero attached hydrogens (tertiary/aromatic N) is 1. The Morgan fingerprint density at radius 2 is 2.05 bits per heavy atom. The summed E-state index contributed by atoms with van der Waals surface area (Å²) in [5.74, 6) is 1.01. The van der Waals surface area contributed by atoms with Gasteiger partial charge in [0.2, 0.25) is 5.91 Å². The summed E-state index contributed by atoms with van der Waals surface area (Å²) in [6.07, 6.45) is 6.26. The maximum absolute atomic E-state index is 12.8. The first-order valence-corrected chi connectivity index (χ1v) is 8.07. The molecule has 1 aliphatic carbocycles. The van der Waals surface area contributed by atoms with Crippen molar-refractivity contribution in [3.8, 4) is 0 Å². The highest BCUT2D eigenvalue weighted by atomic mass is 16.2. The molecule has 0 spiro atoms. The van der Waals surface area contributed by atoms with Crippen molar-refractivity contribution in [3.05, 3.63) is 0 Å². The average Bonchev–Trinajstić information content (AvgIpc) is 2.38. The number of carbonyl (C=O) groups excluding carboxylic acids is 1. The average molecular weight is 268 g/mol. The van der Waals surface area contributed by atoms with Crippen molar-refractivity contribution in [2.45, 2.75) is 78.3 Å². The molecule has 4 unspecified atom stereocenters. The zero-order valence-electron chi connectivity index (χ0n) is 13.2. The van der Waals surface area contributed by atoms with Crippen molar-refractivity contribution in [2.24, 2.45) is 17.6 Å². The number of rotatable bonds is 6. The smallest absolute Gasteiger partial charge is 0.226 e. The van der Waals surface area contributed by atoms with E-state index in [4.69, 9.17) is 5.73 Å². The summed E-state index contributed by atoms with van der Waals surface area (Å²) in [5, 5.41) is 0. The van der Waals surface area contributed by atoms with Crippen LogP contribution in [0.4, 0.5) is 0 Å². The molecule has 1 rings (SSSR count). The summed E-state index contributed by atoms with van der Waals surface area (Å²) < 4.78 is 0. The highest BCUT2D eigenvalue weighted by Gasteiger charge is 2.34. The van der Waals surface area contributed by atoms with Gasteiger partial charge in [-0.1, -0.05) is 27.2 Å². The van der Waals surface area contributed by atoms with Gasteiger partial charge in [-0.25, -0.2) is 0 Å². The Hall–Kier alpha value is -0.570. The van der Waals surface area contributed by atoms with Crippen molar-refractivity contribution in [1.29, 1.82) is 0 Å². The van der Waals surface area contributed by atoms with Crippen LogP contribution in [0.3, 0.4) is 0 Å². The summed E-state index contributed by atoms with van der Waals surface area (Å²) in [6, 6.07) is 0.661. The van der Waals surface area contributed by atoms with Gasteiger partial charge in [0.15, 0.2) is 0 Å².